The zero-order chi connectivity index (χ0) is 13.0. The number of likely N-dealkylation sites (tertiary alicyclic amines) is 1. The second kappa shape index (κ2) is 6.50. The van der Waals surface area contributed by atoms with Crippen LogP contribution in [-0.2, 0) is 9.53 Å². The summed E-state index contributed by atoms with van der Waals surface area (Å²) in [6.45, 7) is 6.80. The first-order valence-electron chi connectivity index (χ1n) is 7.02. The molecule has 1 atom stereocenters. The maximum absolute atomic E-state index is 12.2. The van der Waals surface area contributed by atoms with Gasteiger partial charge in [0.2, 0.25) is 5.91 Å². The average molecular weight is 255 g/mol. The lowest BCUT2D eigenvalue weighted by molar-refractivity contribution is -0.133. The third-order valence-electron chi connectivity index (χ3n) is 3.80. The van der Waals surface area contributed by atoms with E-state index >= 15 is 0 Å². The molecule has 5 heteroatoms. The van der Waals surface area contributed by atoms with Crippen molar-refractivity contribution in [2.45, 2.75) is 38.3 Å². The quantitative estimate of drug-likeness (QED) is 0.757. The Kier molecular flexibility index (Phi) is 4.97. The summed E-state index contributed by atoms with van der Waals surface area (Å²) in [4.78, 5) is 16.4. The molecule has 2 saturated heterocycles. The van der Waals surface area contributed by atoms with Crippen LogP contribution < -0.4 is 5.73 Å². The molecular weight excluding hydrogens is 230 g/mol. The summed E-state index contributed by atoms with van der Waals surface area (Å²) in [6.07, 6.45) is 3.12. The molecule has 2 N–H and O–H groups in total. The van der Waals surface area contributed by atoms with Crippen LogP contribution in [0.4, 0.5) is 0 Å². The van der Waals surface area contributed by atoms with Crippen molar-refractivity contribution in [2.24, 2.45) is 5.73 Å². The number of ether oxygens (including phenoxy) is 1. The summed E-state index contributed by atoms with van der Waals surface area (Å²) in [6, 6.07) is 0.322. The lowest BCUT2D eigenvalue weighted by Gasteiger charge is -2.31. The van der Waals surface area contributed by atoms with E-state index in [0.717, 1.165) is 52.0 Å². The van der Waals surface area contributed by atoms with Crippen LogP contribution in [0, 0.1) is 0 Å². The molecule has 0 aromatic rings. The number of hydrogen-bond acceptors (Lipinski definition) is 4. The second-order valence-electron chi connectivity index (χ2n) is 5.49. The first-order valence-corrected chi connectivity index (χ1v) is 7.02. The summed E-state index contributed by atoms with van der Waals surface area (Å²) in [7, 11) is 0. The Morgan fingerprint density at radius 3 is 2.78 bits per heavy atom. The SMILES string of the molecule is CC1CN(C(=O)CN2CCC(N)CC2)CCCO1. The minimum atomic E-state index is 0.159. The van der Waals surface area contributed by atoms with Gasteiger partial charge in [-0.05, 0) is 26.2 Å². The highest BCUT2D eigenvalue weighted by molar-refractivity contribution is 5.78. The third kappa shape index (κ3) is 3.93. The Balaban J connectivity index is 1.79. The molecule has 0 aromatic heterocycles. The van der Waals surface area contributed by atoms with E-state index in [0.29, 0.717) is 12.6 Å². The molecular formula is C13H25N3O2. The molecule has 0 radical (unpaired) electrons. The van der Waals surface area contributed by atoms with Crippen molar-refractivity contribution < 1.29 is 9.53 Å². The van der Waals surface area contributed by atoms with Gasteiger partial charge in [-0.3, -0.25) is 9.69 Å². The van der Waals surface area contributed by atoms with Gasteiger partial charge >= 0.3 is 0 Å². The highest BCUT2D eigenvalue weighted by atomic mass is 16.5. The molecule has 2 aliphatic rings. The van der Waals surface area contributed by atoms with Gasteiger partial charge in [0.05, 0.1) is 12.6 Å². The van der Waals surface area contributed by atoms with Crippen LogP contribution in [0.15, 0.2) is 0 Å². The first kappa shape index (κ1) is 13.8. The lowest BCUT2D eigenvalue weighted by atomic mass is 10.1. The fraction of sp³-hybridized carbons (Fsp3) is 0.923. The Bertz CT molecular complexity index is 277. The minimum Gasteiger partial charge on any atom is -0.377 e. The molecule has 18 heavy (non-hydrogen) atoms. The summed E-state index contributed by atoms with van der Waals surface area (Å²) >= 11 is 0. The zero-order valence-corrected chi connectivity index (χ0v) is 11.3. The third-order valence-corrected chi connectivity index (χ3v) is 3.80. The van der Waals surface area contributed by atoms with Crippen LogP contribution in [0.1, 0.15) is 26.2 Å². The lowest BCUT2D eigenvalue weighted by Crippen LogP contribution is -2.46. The van der Waals surface area contributed by atoms with Crippen molar-refractivity contribution >= 4 is 5.91 Å². The molecule has 2 heterocycles. The number of nitrogens with two attached hydrogens (primary N) is 1. The maximum atomic E-state index is 12.2. The smallest absolute Gasteiger partial charge is 0.236 e. The van der Waals surface area contributed by atoms with Gasteiger partial charge in [-0.1, -0.05) is 0 Å². The molecule has 0 saturated carbocycles. The van der Waals surface area contributed by atoms with Crippen LogP contribution in [0.3, 0.4) is 0 Å². The molecule has 2 aliphatic heterocycles. The van der Waals surface area contributed by atoms with Crippen molar-refractivity contribution in [3.05, 3.63) is 0 Å². The number of amides is 1. The largest absolute Gasteiger partial charge is 0.377 e. The number of hydrogen-bond donors (Lipinski definition) is 1. The van der Waals surface area contributed by atoms with E-state index in [9.17, 15) is 4.79 Å². The van der Waals surface area contributed by atoms with Crippen LogP contribution in [0.5, 0.6) is 0 Å². The second-order valence-corrected chi connectivity index (χ2v) is 5.49. The summed E-state index contributed by atoms with van der Waals surface area (Å²) < 4.78 is 5.56. The predicted molar refractivity (Wildman–Crippen MR) is 70.3 cm³/mol. The molecule has 0 aromatic carbocycles. The van der Waals surface area contributed by atoms with E-state index in [1.807, 2.05) is 11.8 Å². The van der Waals surface area contributed by atoms with E-state index in [-0.39, 0.29) is 12.0 Å². The Morgan fingerprint density at radius 1 is 1.33 bits per heavy atom. The van der Waals surface area contributed by atoms with Gasteiger partial charge in [-0.25, -0.2) is 0 Å². The average Bonchev–Trinajstić information content (AvgIpc) is 2.57. The number of carbonyl (C=O) groups is 1. The van der Waals surface area contributed by atoms with Gasteiger partial charge in [0.15, 0.2) is 0 Å². The molecule has 0 aliphatic carbocycles. The highest BCUT2D eigenvalue weighted by Gasteiger charge is 2.23. The molecule has 2 fully saturated rings. The van der Waals surface area contributed by atoms with E-state index in [1.54, 1.807) is 0 Å². The molecule has 104 valence electrons. The van der Waals surface area contributed by atoms with Gasteiger partial charge in [0.25, 0.3) is 0 Å². The fourth-order valence-corrected chi connectivity index (χ4v) is 2.62. The van der Waals surface area contributed by atoms with Crippen molar-refractivity contribution in [2.75, 3.05) is 39.3 Å². The van der Waals surface area contributed by atoms with Crippen molar-refractivity contribution in [1.82, 2.24) is 9.80 Å². The standard InChI is InChI=1S/C13H25N3O2/c1-11-9-16(5-2-8-18-11)13(17)10-15-6-3-12(14)4-7-15/h11-12H,2-10,14H2,1H3. The normalized spacial score (nSPS) is 28.1. The monoisotopic (exact) mass is 255 g/mol. The van der Waals surface area contributed by atoms with Gasteiger partial charge < -0.3 is 15.4 Å². The summed E-state index contributed by atoms with van der Waals surface area (Å²) in [5, 5.41) is 0. The number of carbonyl (C=O) groups excluding carboxylic acids is 1. The highest BCUT2D eigenvalue weighted by Crippen LogP contribution is 2.10. The summed E-state index contributed by atoms with van der Waals surface area (Å²) in [5.74, 6) is 0.239. The maximum Gasteiger partial charge on any atom is 0.236 e. The van der Waals surface area contributed by atoms with Crippen molar-refractivity contribution in [3.63, 3.8) is 0 Å². The number of rotatable bonds is 2. The van der Waals surface area contributed by atoms with Crippen LogP contribution in [-0.4, -0.2) is 67.2 Å². The van der Waals surface area contributed by atoms with Gasteiger partial charge in [-0.2, -0.15) is 0 Å². The van der Waals surface area contributed by atoms with Crippen LogP contribution in [0.2, 0.25) is 0 Å². The Hall–Kier alpha value is -0.650. The van der Waals surface area contributed by atoms with E-state index in [2.05, 4.69) is 4.90 Å². The van der Waals surface area contributed by atoms with E-state index in [4.69, 9.17) is 10.5 Å². The van der Waals surface area contributed by atoms with Crippen molar-refractivity contribution in [1.29, 1.82) is 0 Å². The molecule has 0 bridgehead atoms. The zero-order valence-electron chi connectivity index (χ0n) is 11.3. The molecule has 1 amide bonds. The van der Waals surface area contributed by atoms with E-state index in [1.165, 1.54) is 0 Å². The summed E-state index contributed by atoms with van der Waals surface area (Å²) in [5.41, 5.74) is 5.87. The van der Waals surface area contributed by atoms with Crippen LogP contribution in [0.25, 0.3) is 0 Å². The minimum absolute atomic E-state index is 0.159. The Labute approximate surface area is 109 Å². The molecule has 5 nitrogen and oxygen atoms in total. The van der Waals surface area contributed by atoms with Crippen molar-refractivity contribution in [3.8, 4) is 0 Å². The Morgan fingerprint density at radius 2 is 2.06 bits per heavy atom. The molecule has 0 spiro atoms. The fourth-order valence-electron chi connectivity index (χ4n) is 2.62. The van der Waals surface area contributed by atoms with Crippen LogP contribution >= 0.6 is 0 Å². The number of piperidine rings is 1. The van der Waals surface area contributed by atoms with Gasteiger partial charge in [-0.15, -0.1) is 0 Å². The molecule has 2 rings (SSSR count). The number of nitrogens with zero attached hydrogens (tertiary/aromatic N) is 2. The van der Waals surface area contributed by atoms with E-state index < -0.39 is 0 Å². The van der Waals surface area contributed by atoms with Gasteiger partial charge in [0.1, 0.15) is 0 Å². The predicted octanol–water partition coefficient (Wildman–Crippen LogP) is 0.0469. The van der Waals surface area contributed by atoms with Gasteiger partial charge in [0, 0.05) is 38.8 Å². The molecule has 1 unspecified atom stereocenters. The topological polar surface area (TPSA) is 58.8 Å². The first-order chi connectivity index (χ1) is 8.65.